The smallest absolute Gasteiger partial charge is 0.374 e. The van der Waals surface area contributed by atoms with Crippen LogP contribution in [0.1, 0.15) is 10.6 Å². The quantitative estimate of drug-likeness (QED) is 0.708. The summed E-state index contributed by atoms with van der Waals surface area (Å²) < 4.78 is 6.24. The molecule has 0 aliphatic rings. The van der Waals surface area contributed by atoms with Crippen molar-refractivity contribution in [1.82, 2.24) is 19.8 Å². The Morgan fingerprint density at radius 3 is 3.12 bits per heavy atom. The van der Waals surface area contributed by atoms with Crippen LogP contribution in [0.15, 0.2) is 35.2 Å². The number of carboxylic acid groups (broad SMARTS) is 1. The van der Waals surface area contributed by atoms with Crippen LogP contribution in [0.3, 0.4) is 0 Å². The molecule has 17 heavy (non-hydrogen) atoms. The third kappa shape index (κ3) is 1.53. The second kappa shape index (κ2) is 3.41. The molecule has 3 aromatic rings. The first-order valence-electron chi connectivity index (χ1n) is 4.74. The Bertz CT molecular complexity index is 700. The minimum Gasteiger partial charge on any atom is -0.475 e. The fourth-order valence-corrected chi connectivity index (χ4v) is 1.45. The lowest BCUT2D eigenvalue weighted by atomic mass is 10.2. The van der Waals surface area contributed by atoms with Crippen molar-refractivity contribution in [3.05, 3.63) is 36.5 Å². The van der Waals surface area contributed by atoms with Gasteiger partial charge in [0, 0.05) is 30.1 Å². The van der Waals surface area contributed by atoms with Gasteiger partial charge in [-0.1, -0.05) is 5.16 Å². The summed E-state index contributed by atoms with van der Waals surface area (Å²) in [5.41, 5.74) is 1.75. The molecule has 7 heteroatoms. The number of hydrogen-bond donors (Lipinski definition) is 1. The average molecular weight is 230 g/mol. The van der Waals surface area contributed by atoms with Gasteiger partial charge in [0.25, 0.3) is 0 Å². The predicted molar refractivity (Wildman–Crippen MR) is 55.4 cm³/mol. The first kappa shape index (κ1) is 9.52. The van der Waals surface area contributed by atoms with Gasteiger partial charge in [-0.25, -0.2) is 14.3 Å². The average Bonchev–Trinajstić information content (AvgIpc) is 2.97. The van der Waals surface area contributed by atoms with Crippen LogP contribution >= 0.6 is 0 Å². The number of aromatic carboxylic acids is 1. The van der Waals surface area contributed by atoms with Gasteiger partial charge >= 0.3 is 5.97 Å². The summed E-state index contributed by atoms with van der Waals surface area (Å²) in [6.07, 6.45) is 4.91. The molecule has 0 atom stereocenters. The van der Waals surface area contributed by atoms with Crippen LogP contribution in [0.2, 0.25) is 0 Å². The fourth-order valence-electron chi connectivity index (χ4n) is 1.45. The molecular formula is C10H6N4O3. The number of rotatable bonds is 2. The topological polar surface area (TPSA) is 93.5 Å². The Kier molecular flexibility index (Phi) is 1.91. The van der Waals surface area contributed by atoms with E-state index in [2.05, 4.69) is 19.8 Å². The van der Waals surface area contributed by atoms with Gasteiger partial charge in [0.2, 0.25) is 5.76 Å². The van der Waals surface area contributed by atoms with Crippen LogP contribution < -0.4 is 0 Å². The molecule has 7 nitrogen and oxygen atoms in total. The maximum Gasteiger partial charge on any atom is 0.374 e. The Balaban J connectivity index is 2.09. The molecule has 3 rings (SSSR count). The van der Waals surface area contributed by atoms with E-state index >= 15 is 0 Å². The lowest BCUT2D eigenvalue weighted by molar-refractivity contribution is 0.0652. The zero-order valence-corrected chi connectivity index (χ0v) is 8.44. The van der Waals surface area contributed by atoms with E-state index in [1.165, 1.54) is 6.07 Å². The molecule has 0 spiro atoms. The minimum absolute atomic E-state index is 0.208. The van der Waals surface area contributed by atoms with Crippen molar-refractivity contribution in [2.24, 2.45) is 0 Å². The van der Waals surface area contributed by atoms with E-state index in [0.717, 1.165) is 0 Å². The van der Waals surface area contributed by atoms with E-state index < -0.39 is 5.97 Å². The van der Waals surface area contributed by atoms with Crippen molar-refractivity contribution >= 4 is 11.6 Å². The number of carbonyl (C=O) groups is 1. The van der Waals surface area contributed by atoms with E-state index in [1.54, 1.807) is 29.2 Å². The Morgan fingerprint density at radius 2 is 2.35 bits per heavy atom. The summed E-state index contributed by atoms with van der Waals surface area (Å²) in [5.74, 6) is -1.36. The van der Waals surface area contributed by atoms with Crippen LogP contribution in [-0.4, -0.2) is 30.8 Å². The van der Waals surface area contributed by atoms with Gasteiger partial charge in [-0.2, -0.15) is 5.10 Å². The summed E-state index contributed by atoms with van der Waals surface area (Å²) >= 11 is 0. The highest BCUT2D eigenvalue weighted by Crippen LogP contribution is 2.18. The third-order valence-corrected chi connectivity index (χ3v) is 2.26. The predicted octanol–water partition coefficient (Wildman–Crippen LogP) is 1.08. The molecular weight excluding hydrogens is 224 g/mol. The molecule has 0 bridgehead atoms. The standard InChI is InChI=1S/C10H6N4O3/c15-10(16)8-3-7(13-17-8)6-4-11-9-1-2-12-14(9)5-6/h1-5H,(H,15,16). The van der Waals surface area contributed by atoms with Crippen molar-refractivity contribution in [2.45, 2.75) is 0 Å². The highest BCUT2D eigenvalue weighted by atomic mass is 16.5. The molecule has 0 aliphatic heterocycles. The molecule has 0 aliphatic carbocycles. The highest BCUT2D eigenvalue weighted by molar-refractivity contribution is 5.85. The van der Waals surface area contributed by atoms with Gasteiger partial charge in [0.05, 0.1) is 6.20 Å². The molecule has 0 saturated carbocycles. The van der Waals surface area contributed by atoms with Crippen LogP contribution in [0.25, 0.3) is 16.9 Å². The lowest BCUT2D eigenvalue weighted by Gasteiger charge is -1.95. The molecule has 0 aromatic carbocycles. The van der Waals surface area contributed by atoms with Crippen molar-refractivity contribution in [3.63, 3.8) is 0 Å². The number of aromatic nitrogens is 4. The summed E-state index contributed by atoms with van der Waals surface area (Å²) in [6, 6.07) is 3.10. The van der Waals surface area contributed by atoms with Gasteiger partial charge in [-0.05, 0) is 0 Å². The van der Waals surface area contributed by atoms with E-state index in [-0.39, 0.29) is 5.76 Å². The third-order valence-electron chi connectivity index (χ3n) is 2.26. The normalized spacial score (nSPS) is 10.8. The second-order valence-electron chi connectivity index (χ2n) is 3.36. The van der Waals surface area contributed by atoms with Crippen molar-refractivity contribution in [1.29, 1.82) is 0 Å². The lowest BCUT2D eigenvalue weighted by Crippen LogP contribution is -1.92. The van der Waals surface area contributed by atoms with E-state index in [9.17, 15) is 4.79 Å². The molecule has 0 amide bonds. The monoisotopic (exact) mass is 230 g/mol. The van der Waals surface area contributed by atoms with Crippen LogP contribution in [-0.2, 0) is 0 Å². The van der Waals surface area contributed by atoms with E-state index in [1.807, 2.05) is 0 Å². The second-order valence-corrected chi connectivity index (χ2v) is 3.36. The van der Waals surface area contributed by atoms with Crippen LogP contribution in [0.4, 0.5) is 0 Å². The van der Waals surface area contributed by atoms with Crippen LogP contribution in [0, 0.1) is 0 Å². The van der Waals surface area contributed by atoms with Crippen molar-refractivity contribution < 1.29 is 14.4 Å². The molecule has 3 heterocycles. The molecule has 3 aromatic heterocycles. The molecule has 1 N–H and O–H groups in total. The van der Waals surface area contributed by atoms with Gasteiger partial charge in [0.1, 0.15) is 5.69 Å². The van der Waals surface area contributed by atoms with Gasteiger partial charge in [-0.3, -0.25) is 0 Å². The molecule has 0 unspecified atom stereocenters. The number of fused-ring (bicyclic) bond motifs is 1. The first-order chi connectivity index (χ1) is 8.24. The molecule has 84 valence electrons. The number of carboxylic acids is 1. The molecule has 0 fully saturated rings. The van der Waals surface area contributed by atoms with Gasteiger partial charge < -0.3 is 9.63 Å². The zero-order valence-electron chi connectivity index (χ0n) is 8.44. The van der Waals surface area contributed by atoms with Crippen molar-refractivity contribution in [3.8, 4) is 11.3 Å². The largest absolute Gasteiger partial charge is 0.475 e. The Hall–Kier alpha value is -2.70. The maximum atomic E-state index is 10.6. The minimum atomic E-state index is -1.16. The summed E-state index contributed by atoms with van der Waals surface area (Å²) in [6.45, 7) is 0. The fraction of sp³-hybridized carbons (Fsp3) is 0. The van der Waals surface area contributed by atoms with Crippen LogP contribution in [0.5, 0.6) is 0 Å². The van der Waals surface area contributed by atoms with Gasteiger partial charge in [-0.15, -0.1) is 0 Å². The van der Waals surface area contributed by atoms with E-state index in [4.69, 9.17) is 5.11 Å². The highest BCUT2D eigenvalue weighted by Gasteiger charge is 2.13. The molecule has 0 radical (unpaired) electrons. The van der Waals surface area contributed by atoms with Gasteiger partial charge in [0.15, 0.2) is 5.65 Å². The molecule has 0 saturated heterocycles. The maximum absolute atomic E-state index is 10.6. The summed E-state index contributed by atoms with van der Waals surface area (Å²) in [5, 5.41) is 16.4. The SMILES string of the molecule is O=C(O)c1cc(-c2cnc3ccnn3c2)no1. The summed E-state index contributed by atoms with van der Waals surface area (Å²) in [4.78, 5) is 14.8. The Labute approximate surface area is 94.3 Å². The van der Waals surface area contributed by atoms with E-state index in [0.29, 0.717) is 16.9 Å². The number of hydrogen-bond acceptors (Lipinski definition) is 5. The Morgan fingerprint density at radius 1 is 1.47 bits per heavy atom. The summed E-state index contributed by atoms with van der Waals surface area (Å²) in [7, 11) is 0. The number of nitrogens with zero attached hydrogens (tertiary/aromatic N) is 4. The zero-order chi connectivity index (χ0) is 11.8. The van der Waals surface area contributed by atoms with Crippen molar-refractivity contribution in [2.75, 3.05) is 0 Å². The first-order valence-corrected chi connectivity index (χ1v) is 4.74.